The van der Waals surface area contributed by atoms with Crippen molar-refractivity contribution in [3.8, 4) is 11.6 Å². The minimum atomic E-state index is 0.228. The summed E-state index contributed by atoms with van der Waals surface area (Å²) >= 11 is 0. The molecule has 0 spiro atoms. The standard InChI is InChI=1S/C13H11N7O/c1-2-5-19-7-8-10(17-19)16-13(14)20-12(8)15-11(18-20)9-4-3-6-21-9/h2-4,6-7H,1,5H2,(H2,14,16,17). The molecule has 2 N–H and O–H groups in total. The minimum absolute atomic E-state index is 0.228. The van der Waals surface area contributed by atoms with E-state index in [2.05, 4.69) is 26.7 Å². The van der Waals surface area contributed by atoms with Crippen LogP contribution in [0.4, 0.5) is 5.95 Å². The number of fused-ring (bicyclic) bond motifs is 3. The Labute approximate surface area is 118 Å². The summed E-state index contributed by atoms with van der Waals surface area (Å²) in [6.45, 7) is 4.28. The fraction of sp³-hybridized carbons (Fsp3) is 0.0769. The SMILES string of the molecule is C=CCn1cc2c(nc(N)n3nc(-c4ccco4)nc23)n1. The first-order valence-electron chi connectivity index (χ1n) is 6.30. The summed E-state index contributed by atoms with van der Waals surface area (Å²) in [5.74, 6) is 1.26. The van der Waals surface area contributed by atoms with E-state index in [1.165, 1.54) is 4.52 Å². The van der Waals surface area contributed by atoms with Crippen molar-refractivity contribution in [2.45, 2.75) is 6.54 Å². The van der Waals surface area contributed by atoms with Crippen molar-refractivity contribution in [2.75, 3.05) is 5.73 Å². The maximum atomic E-state index is 5.92. The van der Waals surface area contributed by atoms with Gasteiger partial charge >= 0.3 is 0 Å². The van der Waals surface area contributed by atoms with Crippen molar-refractivity contribution in [1.82, 2.24) is 29.4 Å². The van der Waals surface area contributed by atoms with Crippen LogP contribution in [0.5, 0.6) is 0 Å². The monoisotopic (exact) mass is 281 g/mol. The third-order valence-corrected chi connectivity index (χ3v) is 3.09. The largest absolute Gasteiger partial charge is 0.461 e. The molecule has 0 atom stereocenters. The summed E-state index contributed by atoms with van der Waals surface area (Å²) in [6, 6.07) is 3.57. The Morgan fingerprint density at radius 1 is 1.33 bits per heavy atom. The number of hydrogen-bond donors (Lipinski definition) is 1. The van der Waals surface area contributed by atoms with Crippen molar-refractivity contribution in [2.24, 2.45) is 0 Å². The molecule has 4 aromatic rings. The zero-order valence-electron chi connectivity index (χ0n) is 11.0. The zero-order valence-corrected chi connectivity index (χ0v) is 11.0. The van der Waals surface area contributed by atoms with Crippen LogP contribution < -0.4 is 5.73 Å². The van der Waals surface area contributed by atoms with Crippen LogP contribution in [0.2, 0.25) is 0 Å². The number of nitrogen functional groups attached to an aromatic ring is 1. The van der Waals surface area contributed by atoms with Gasteiger partial charge in [-0.1, -0.05) is 6.08 Å². The van der Waals surface area contributed by atoms with Gasteiger partial charge in [0.1, 0.15) is 0 Å². The highest BCUT2D eigenvalue weighted by Crippen LogP contribution is 2.22. The number of nitrogens with two attached hydrogens (primary N) is 1. The first-order valence-corrected chi connectivity index (χ1v) is 6.30. The average Bonchev–Trinajstić information content (AvgIpc) is 3.16. The molecule has 4 aromatic heterocycles. The Bertz CT molecular complexity index is 948. The molecule has 8 heteroatoms. The number of allylic oxidation sites excluding steroid dienone is 1. The van der Waals surface area contributed by atoms with Gasteiger partial charge in [0.2, 0.25) is 11.8 Å². The van der Waals surface area contributed by atoms with E-state index in [4.69, 9.17) is 10.2 Å². The van der Waals surface area contributed by atoms with Crippen molar-refractivity contribution < 1.29 is 4.42 Å². The molecular formula is C13H11N7O. The number of hydrogen-bond acceptors (Lipinski definition) is 6. The fourth-order valence-electron chi connectivity index (χ4n) is 2.19. The highest BCUT2D eigenvalue weighted by Gasteiger charge is 2.16. The van der Waals surface area contributed by atoms with Crippen LogP contribution in [0, 0.1) is 0 Å². The molecule has 0 fully saturated rings. The Morgan fingerprint density at radius 2 is 2.24 bits per heavy atom. The van der Waals surface area contributed by atoms with E-state index in [1.54, 1.807) is 29.2 Å². The fourth-order valence-corrected chi connectivity index (χ4v) is 2.19. The molecule has 0 saturated heterocycles. The Kier molecular flexibility index (Phi) is 2.31. The lowest BCUT2D eigenvalue weighted by Gasteiger charge is -1.95. The number of aromatic nitrogens is 6. The Morgan fingerprint density at radius 3 is 3.00 bits per heavy atom. The van der Waals surface area contributed by atoms with E-state index in [0.717, 1.165) is 5.39 Å². The van der Waals surface area contributed by atoms with Gasteiger partial charge in [-0.3, -0.25) is 4.68 Å². The molecule has 0 aliphatic carbocycles. The average molecular weight is 281 g/mol. The van der Waals surface area contributed by atoms with Crippen LogP contribution in [0.25, 0.3) is 28.3 Å². The van der Waals surface area contributed by atoms with Gasteiger partial charge in [0.15, 0.2) is 17.1 Å². The molecule has 8 nitrogen and oxygen atoms in total. The topological polar surface area (TPSA) is 100 Å². The van der Waals surface area contributed by atoms with E-state index in [-0.39, 0.29) is 5.95 Å². The molecule has 0 unspecified atom stereocenters. The molecule has 0 aliphatic rings. The third kappa shape index (κ3) is 1.69. The lowest BCUT2D eigenvalue weighted by atomic mass is 10.4. The van der Waals surface area contributed by atoms with E-state index >= 15 is 0 Å². The van der Waals surface area contributed by atoms with Crippen LogP contribution in [0.3, 0.4) is 0 Å². The van der Waals surface area contributed by atoms with Crippen molar-refractivity contribution in [1.29, 1.82) is 0 Å². The van der Waals surface area contributed by atoms with E-state index in [1.807, 2.05) is 6.20 Å². The predicted octanol–water partition coefficient (Wildman–Crippen LogP) is 1.50. The summed E-state index contributed by atoms with van der Waals surface area (Å²) in [6.07, 6.45) is 5.17. The lowest BCUT2D eigenvalue weighted by Crippen LogP contribution is -2.02. The molecule has 0 bridgehead atoms. The summed E-state index contributed by atoms with van der Waals surface area (Å²) in [5.41, 5.74) is 7.05. The van der Waals surface area contributed by atoms with Gasteiger partial charge in [-0.15, -0.1) is 11.7 Å². The highest BCUT2D eigenvalue weighted by molar-refractivity contribution is 5.90. The number of furan rings is 1. The molecule has 0 aliphatic heterocycles. The summed E-state index contributed by atoms with van der Waals surface area (Å²) in [5, 5.41) is 9.44. The first-order chi connectivity index (χ1) is 10.3. The molecule has 4 rings (SSSR count). The first kappa shape index (κ1) is 11.6. The molecular weight excluding hydrogens is 270 g/mol. The van der Waals surface area contributed by atoms with Gasteiger partial charge in [-0.25, -0.2) is 4.98 Å². The van der Waals surface area contributed by atoms with E-state index in [0.29, 0.717) is 29.4 Å². The number of nitrogens with zero attached hydrogens (tertiary/aromatic N) is 6. The van der Waals surface area contributed by atoms with Crippen molar-refractivity contribution in [3.05, 3.63) is 37.2 Å². The van der Waals surface area contributed by atoms with Gasteiger partial charge in [-0.2, -0.15) is 14.6 Å². The predicted molar refractivity (Wildman–Crippen MR) is 76.4 cm³/mol. The third-order valence-electron chi connectivity index (χ3n) is 3.09. The second-order valence-electron chi connectivity index (χ2n) is 4.50. The van der Waals surface area contributed by atoms with Crippen LogP contribution in [0.1, 0.15) is 0 Å². The maximum Gasteiger partial charge on any atom is 0.225 e. The molecule has 0 radical (unpaired) electrons. The van der Waals surface area contributed by atoms with Crippen LogP contribution in [-0.2, 0) is 6.54 Å². The van der Waals surface area contributed by atoms with Crippen molar-refractivity contribution in [3.63, 3.8) is 0 Å². The summed E-state index contributed by atoms with van der Waals surface area (Å²) in [4.78, 5) is 8.72. The summed E-state index contributed by atoms with van der Waals surface area (Å²) < 4.78 is 8.52. The quantitative estimate of drug-likeness (QED) is 0.571. The van der Waals surface area contributed by atoms with Gasteiger partial charge in [-0.05, 0) is 12.1 Å². The molecule has 21 heavy (non-hydrogen) atoms. The lowest BCUT2D eigenvalue weighted by molar-refractivity contribution is 0.577. The second kappa shape index (κ2) is 4.17. The van der Waals surface area contributed by atoms with Crippen LogP contribution in [0.15, 0.2) is 41.7 Å². The smallest absolute Gasteiger partial charge is 0.225 e. The molecule has 0 saturated carbocycles. The highest BCUT2D eigenvalue weighted by atomic mass is 16.3. The molecule has 4 heterocycles. The van der Waals surface area contributed by atoms with Crippen molar-refractivity contribution >= 4 is 22.6 Å². The van der Waals surface area contributed by atoms with E-state index < -0.39 is 0 Å². The number of anilines is 1. The second-order valence-corrected chi connectivity index (χ2v) is 4.50. The van der Waals surface area contributed by atoms with Crippen LogP contribution in [-0.4, -0.2) is 29.4 Å². The zero-order chi connectivity index (χ0) is 14.4. The Balaban J connectivity index is 2.02. The number of rotatable bonds is 3. The van der Waals surface area contributed by atoms with Gasteiger partial charge in [0.05, 0.1) is 18.2 Å². The minimum Gasteiger partial charge on any atom is -0.461 e. The van der Waals surface area contributed by atoms with Gasteiger partial charge in [0, 0.05) is 6.20 Å². The normalized spacial score (nSPS) is 11.4. The molecule has 0 amide bonds. The summed E-state index contributed by atoms with van der Waals surface area (Å²) in [7, 11) is 0. The Hall–Kier alpha value is -3.16. The van der Waals surface area contributed by atoms with Crippen LogP contribution >= 0.6 is 0 Å². The van der Waals surface area contributed by atoms with Gasteiger partial charge in [0.25, 0.3) is 0 Å². The van der Waals surface area contributed by atoms with E-state index in [9.17, 15) is 0 Å². The van der Waals surface area contributed by atoms with Gasteiger partial charge < -0.3 is 10.2 Å². The molecule has 0 aromatic carbocycles. The molecule has 104 valence electrons. The maximum absolute atomic E-state index is 5.92.